The molecule has 0 saturated carbocycles. The Hall–Kier alpha value is -1.40. The van der Waals surface area contributed by atoms with Crippen molar-refractivity contribution in [1.82, 2.24) is 14.5 Å². The second-order valence-corrected chi connectivity index (χ2v) is 3.80. The second kappa shape index (κ2) is 5.09. The molecule has 16 heavy (non-hydrogen) atoms. The minimum Gasteiger partial charge on any atom is -0.479 e. The Morgan fingerprint density at radius 2 is 2.44 bits per heavy atom. The van der Waals surface area contributed by atoms with E-state index in [1.165, 1.54) is 0 Å². The molecule has 1 saturated heterocycles. The number of hydrogen-bond acceptors (Lipinski definition) is 4. The van der Waals surface area contributed by atoms with Gasteiger partial charge in [-0.25, -0.2) is 9.78 Å². The van der Waals surface area contributed by atoms with E-state index in [2.05, 4.69) is 9.88 Å². The van der Waals surface area contributed by atoms with Crippen LogP contribution in [0.3, 0.4) is 0 Å². The van der Waals surface area contributed by atoms with E-state index in [1.54, 1.807) is 12.5 Å². The van der Waals surface area contributed by atoms with E-state index in [9.17, 15) is 4.79 Å². The third-order valence-electron chi connectivity index (χ3n) is 2.66. The van der Waals surface area contributed by atoms with Crippen LogP contribution in [0.4, 0.5) is 0 Å². The third kappa shape index (κ3) is 2.80. The molecule has 1 unspecified atom stereocenters. The van der Waals surface area contributed by atoms with Gasteiger partial charge < -0.3 is 14.4 Å². The fraction of sp³-hybridized carbons (Fsp3) is 0.600. The van der Waals surface area contributed by atoms with E-state index in [0.29, 0.717) is 13.2 Å². The summed E-state index contributed by atoms with van der Waals surface area (Å²) in [6, 6.07) is 0. The number of hydrogen-bond donors (Lipinski definition) is 1. The highest BCUT2D eigenvalue weighted by Gasteiger charge is 2.25. The summed E-state index contributed by atoms with van der Waals surface area (Å²) in [5, 5.41) is 8.84. The van der Waals surface area contributed by atoms with Gasteiger partial charge in [-0.2, -0.15) is 0 Å². The van der Waals surface area contributed by atoms with E-state index in [-0.39, 0.29) is 0 Å². The van der Waals surface area contributed by atoms with Crippen LogP contribution in [0.2, 0.25) is 0 Å². The van der Waals surface area contributed by atoms with Crippen molar-refractivity contribution in [3.63, 3.8) is 0 Å². The van der Waals surface area contributed by atoms with E-state index >= 15 is 0 Å². The van der Waals surface area contributed by atoms with Gasteiger partial charge in [-0.1, -0.05) is 0 Å². The lowest BCUT2D eigenvalue weighted by atomic mass is 10.3. The number of carbonyl (C=O) groups is 1. The van der Waals surface area contributed by atoms with Gasteiger partial charge in [0, 0.05) is 38.6 Å². The molecule has 1 aliphatic rings. The van der Waals surface area contributed by atoms with Crippen molar-refractivity contribution in [2.75, 3.05) is 26.2 Å². The first kappa shape index (κ1) is 11.1. The summed E-state index contributed by atoms with van der Waals surface area (Å²) < 4.78 is 7.12. The highest BCUT2D eigenvalue weighted by atomic mass is 16.5. The number of imidazole rings is 1. The number of nitrogens with zero attached hydrogens (tertiary/aromatic N) is 3. The zero-order valence-electron chi connectivity index (χ0n) is 8.95. The molecule has 6 nitrogen and oxygen atoms in total. The Labute approximate surface area is 93.4 Å². The van der Waals surface area contributed by atoms with Crippen molar-refractivity contribution >= 4 is 5.97 Å². The molecular weight excluding hydrogens is 210 g/mol. The number of carboxylic acids is 1. The maximum absolute atomic E-state index is 10.8. The quantitative estimate of drug-likeness (QED) is 0.760. The van der Waals surface area contributed by atoms with Crippen molar-refractivity contribution in [2.45, 2.75) is 12.6 Å². The summed E-state index contributed by atoms with van der Waals surface area (Å²) in [5.74, 6) is -0.882. The Balaban J connectivity index is 1.79. The Bertz CT molecular complexity index is 339. The molecule has 1 N–H and O–H groups in total. The fourth-order valence-corrected chi connectivity index (χ4v) is 1.73. The minimum absolute atomic E-state index is 0.462. The van der Waals surface area contributed by atoms with Gasteiger partial charge in [0.2, 0.25) is 0 Å². The van der Waals surface area contributed by atoms with Gasteiger partial charge in [0.15, 0.2) is 6.10 Å². The van der Waals surface area contributed by atoms with Crippen molar-refractivity contribution in [1.29, 1.82) is 0 Å². The molecule has 0 aliphatic carbocycles. The summed E-state index contributed by atoms with van der Waals surface area (Å²) in [4.78, 5) is 16.8. The maximum Gasteiger partial charge on any atom is 0.334 e. The van der Waals surface area contributed by atoms with Crippen LogP contribution in [0.15, 0.2) is 18.7 Å². The maximum atomic E-state index is 10.8. The number of rotatable bonds is 4. The molecule has 1 fully saturated rings. The van der Waals surface area contributed by atoms with Gasteiger partial charge in [0.05, 0.1) is 12.9 Å². The van der Waals surface area contributed by atoms with E-state index in [1.807, 2.05) is 10.8 Å². The molecule has 0 bridgehead atoms. The molecule has 88 valence electrons. The predicted molar refractivity (Wildman–Crippen MR) is 56.0 cm³/mol. The topological polar surface area (TPSA) is 67.6 Å². The monoisotopic (exact) mass is 225 g/mol. The first-order valence-corrected chi connectivity index (χ1v) is 5.28. The van der Waals surface area contributed by atoms with E-state index < -0.39 is 12.1 Å². The second-order valence-electron chi connectivity index (χ2n) is 3.80. The molecule has 2 rings (SSSR count). The van der Waals surface area contributed by atoms with Crippen molar-refractivity contribution in [3.05, 3.63) is 18.7 Å². The summed E-state index contributed by atoms with van der Waals surface area (Å²) >= 11 is 0. The first-order valence-electron chi connectivity index (χ1n) is 5.28. The molecule has 0 radical (unpaired) electrons. The summed E-state index contributed by atoms with van der Waals surface area (Å²) in [5.41, 5.74) is 0. The van der Waals surface area contributed by atoms with Gasteiger partial charge in [0.1, 0.15) is 0 Å². The van der Waals surface area contributed by atoms with Crippen molar-refractivity contribution in [3.8, 4) is 0 Å². The Kier molecular flexibility index (Phi) is 3.53. The summed E-state index contributed by atoms with van der Waals surface area (Å²) in [6.07, 6.45) is 4.71. The molecule has 1 aromatic heterocycles. The molecule has 0 amide bonds. The third-order valence-corrected chi connectivity index (χ3v) is 2.66. The van der Waals surface area contributed by atoms with Crippen LogP contribution < -0.4 is 0 Å². The average Bonchev–Trinajstić information content (AvgIpc) is 2.79. The largest absolute Gasteiger partial charge is 0.479 e. The number of carboxylic acid groups (broad SMARTS) is 1. The van der Waals surface area contributed by atoms with Gasteiger partial charge in [-0.05, 0) is 0 Å². The zero-order valence-corrected chi connectivity index (χ0v) is 8.95. The van der Waals surface area contributed by atoms with Gasteiger partial charge in [0.25, 0.3) is 0 Å². The normalized spacial score (nSPS) is 22.1. The first-order chi connectivity index (χ1) is 7.75. The summed E-state index contributed by atoms with van der Waals surface area (Å²) in [7, 11) is 0. The lowest BCUT2D eigenvalue weighted by molar-refractivity contribution is -0.156. The number of aliphatic carboxylic acids is 1. The fourth-order valence-electron chi connectivity index (χ4n) is 1.73. The lowest BCUT2D eigenvalue weighted by Gasteiger charge is -2.30. The molecule has 1 aliphatic heterocycles. The SMILES string of the molecule is O=C(O)C1CN(CCn2ccnc2)CCO1. The smallest absolute Gasteiger partial charge is 0.334 e. The summed E-state index contributed by atoms with van der Waals surface area (Å²) in [6.45, 7) is 3.39. The average molecular weight is 225 g/mol. The van der Waals surface area contributed by atoms with Crippen LogP contribution in [0.5, 0.6) is 0 Å². The number of morpholine rings is 1. The number of aromatic nitrogens is 2. The van der Waals surface area contributed by atoms with Gasteiger partial charge in [-0.15, -0.1) is 0 Å². The van der Waals surface area contributed by atoms with E-state index in [0.717, 1.165) is 19.6 Å². The zero-order chi connectivity index (χ0) is 11.4. The number of ether oxygens (including phenoxy) is 1. The molecule has 0 aromatic carbocycles. The standard InChI is InChI=1S/C10H15N3O3/c14-10(15)9-7-12(5-6-16-9)3-4-13-2-1-11-8-13/h1-2,8-9H,3-7H2,(H,14,15). The van der Waals surface area contributed by atoms with Crippen LogP contribution in [-0.2, 0) is 16.1 Å². The van der Waals surface area contributed by atoms with E-state index in [4.69, 9.17) is 9.84 Å². The highest BCUT2D eigenvalue weighted by Crippen LogP contribution is 2.05. The van der Waals surface area contributed by atoms with Crippen LogP contribution in [-0.4, -0.2) is 57.9 Å². The Morgan fingerprint density at radius 1 is 1.56 bits per heavy atom. The van der Waals surface area contributed by atoms with Crippen LogP contribution in [0, 0.1) is 0 Å². The van der Waals surface area contributed by atoms with Crippen LogP contribution in [0.1, 0.15) is 0 Å². The molecule has 1 aromatic rings. The van der Waals surface area contributed by atoms with Gasteiger partial charge in [-0.3, -0.25) is 4.90 Å². The minimum atomic E-state index is -0.882. The van der Waals surface area contributed by atoms with Crippen molar-refractivity contribution in [2.24, 2.45) is 0 Å². The molecule has 1 atom stereocenters. The predicted octanol–water partition coefficient (Wildman–Crippen LogP) is -0.332. The van der Waals surface area contributed by atoms with Crippen LogP contribution in [0.25, 0.3) is 0 Å². The molecule has 2 heterocycles. The Morgan fingerprint density at radius 3 is 3.12 bits per heavy atom. The molecule has 6 heteroatoms. The lowest BCUT2D eigenvalue weighted by Crippen LogP contribution is -2.46. The van der Waals surface area contributed by atoms with Crippen molar-refractivity contribution < 1.29 is 14.6 Å². The molecule has 0 spiro atoms. The molecular formula is C10H15N3O3. The highest BCUT2D eigenvalue weighted by molar-refractivity contribution is 5.72. The van der Waals surface area contributed by atoms with Gasteiger partial charge >= 0.3 is 5.97 Å². The van der Waals surface area contributed by atoms with Crippen LogP contribution >= 0.6 is 0 Å².